The van der Waals surface area contributed by atoms with Gasteiger partial charge in [0.25, 0.3) is 0 Å². The van der Waals surface area contributed by atoms with E-state index in [1.165, 1.54) is 4.68 Å². The van der Waals surface area contributed by atoms with E-state index in [0.717, 1.165) is 11.3 Å². The maximum atomic E-state index is 10.7. The molecule has 0 spiro atoms. The lowest BCUT2D eigenvalue weighted by atomic mass is 10.2. The van der Waals surface area contributed by atoms with Gasteiger partial charge < -0.3 is 16.2 Å². The van der Waals surface area contributed by atoms with E-state index in [-0.39, 0.29) is 12.3 Å². The number of phenolic OH excluding ortho intramolecular Hbond substituents is 1. The van der Waals surface area contributed by atoms with E-state index >= 15 is 0 Å². The molecule has 0 saturated heterocycles. The van der Waals surface area contributed by atoms with Crippen LogP contribution in [0.1, 0.15) is 5.56 Å². The Labute approximate surface area is 104 Å². The van der Waals surface area contributed by atoms with Crippen molar-refractivity contribution in [2.24, 2.45) is 5.73 Å². The number of benzene rings is 1. The van der Waals surface area contributed by atoms with Gasteiger partial charge in [0.15, 0.2) is 0 Å². The molecule has 94 valence electrons. The molecule has 18 heavy (non-hydrogen) atoms. The number of carbonyl (C=O) groups is 1. The first kappa shape index (κ1) is 12.0. The van der Waals surface area contributed by atoms with Crippen LogP contribution < -0.4 is 11.1 Å². The Hall–Kier alpha value is -2.50. The number of amides is 1. The zero-order chi connectivity index (χ0) is 13.0. The third kappa shape index (κ3) is 3.24. The number of nitrogens with zero attached hydrogens (tertiary/aromatic N) is 2. The molecule has 4 N–H and O–H groups in total. The summed E-state index contributed by atoms with van der Waals surface area (Å²) in [6, 6.07) is 6.98. The van der Waals surface area contributed by atoms with Crippen LogP contribution in [0.3, 0.4) is 0 Å². The van der Waals surface area contributed by atoms with Crippen LogP contribution in [0.25, 0.3) is 0 Å². The third-order valence-electron chi connectivity index (χ3n) is 2.36. The second-order valence-corrected chi connectivity index (χ2v) is 3.92. The predicted molar refractivity (Wildman–Crippen MR) is 66.9 cm³/mol. The molecule has 0 aliphatic rings. The number of nitrogens with one attached hydrogen (secondary N) is 1. The smallest absolute Gasteiger partial charge is 0.239 e. The first-order chi connectivity index (χ1) is 8.63. The maximum absolute atomic E-state index is 10.7. The van der Waals surface area contributed by atoms with Gasteiger partial charge in [0.1, 0.15) is 12.3 Å². The molecule has 0 atom stereocenters. The number of rotatable bonds is 5. The van der Waals surface area contributed by atoms with Gasteiger partial charge in [-0.15, -0.1) is 0 Å². The minimum Gasteiger partial charge on any atom is -0.508 e. The van der Waals surface area contributed by atoms with Crippen LogP contribution in [0, 0.1) is 0 Å². The number of primary amides is 1. The van der Waals surface area contributed by atoms with E-state index in [1.807, 2.05) is 6.07 Å². The van der Waals surface area contributed by atoms with Crippen molar-refractivity contribution in [3.63, 3.8) is 0 Å². The Bertz CT molecular complexity index is 551. The number of aromatic nitrogens is 2. The SMILES string of the molecule is NC(=O)Cn1cc(NCc2cccc(O)c2)cn1. The highest BCUT2D eigenvalue weighted by molar-refractivity contribution is 5.73. The fourth-order valence-corrected chi connectivity index (χ4v) is 1.57. The van der Waals surface area contributed by atoms with Gasteiger partial charge in [0.2, 0.25) is 5.91 Å². The Morgan fingerprint density at radius 3 is 3.06 bits per heavy atom. The zero-order valence-corrected chi connectivity index (χ0v) is 9.71. The number of phenols is 1. The van der Waals surface area contributed by atoms with E-state index in [9.17, 15) is 9.90 Å². The number of anilines is 1. The third-order valence-corrected chi connectivity index (χ3v) is 2.36. The summed E-state index contributed by atoms with van der Waals surface area (Å²) in [6.07, 6.45) is 3.32. The lowest BCUT2D eigenvalue weighted by Gasteiger charge is -2.03. The zero-order valence-electron chi connectivity index (χ0n) is 9.71. The van der Waals surface area contributed by atoms with Crippen molar-refractivity contribution >= 4 is 11.6 Å². The minimum atomic E-state index is -0.433. The maximum Gasteiger partial charge on any atom is 0.239 e. The van der Waals surface area contributed by atoms with E-state index < -0.39 is 5.91 Å². The van der Waals surface area contributed by atoms with Crippen LogP contribution in [0.4, 0.5) is 5.69 Å². The number of carbonyl (C=O) groups excluding carboxylic acids is 1. The molecule has 6 nitrogen and oxygen atoms in total. The van der Waals surface area contributed by atoms with Crippen LogP contribution in [0.2, 0.25) is 0 Å². The monoisotopic (exact) mass is 246 g/mol. The molecule has 0 aliphatic carbocycles. The van der Waals surface area contributed by atoms with E-state index in [0.29, 0.717) is 6.54 Å². The van der Waals surface area contributed by atoms with E-state index in [4.69, 9.17) is 5.73 Å². The van der Waals surface area contributed by atoms with Crippen molar-refractivity contribution in [3.05, 3.63) is 42.2 Å². The molecule has 0 saturated carbocycles. The van der Waals surface area contributed by atoms with Crippen molar-refractivity contribution in [1.29, 1.82) is 0 Å². The molecule has 2 aromatic rings. The van der Waals surface area contributed by atoms with Gasteiger partial charge in [-0.1, -0.05) is 12.1 Å². The molecule has 0 unspecified atom stereocenters. The van der Waals surface area contributed by atoms with Crippen LogP contribution in [0.15, 0.2) is 36.7 Å². The molecular formula is C12H14N4O2. The standard InChI is InChI=1S/C12H14N4O2/c13-12(18)8-16-7-10(6-15-16)14-5-9-2-1-3-11(17)4-9/h1-4,6-7,14,17H,5,8H2,(H2,13,18). The molecule has 1 heterocycles. The highest BCUT2D eigenvalue weighted by atomic mass is 16.3. The van der Waals surface area contributed by atoms with Crippen LogP contribution >= 0.6 is 0 Å². The first-order valence-electron chi connectivity index (χ1n) is 5.46. The van der Waals surface area contributed by atoms with Gasteiger partial charge in [-0.25, -0.2) is 0 Å². The highest BCUT2D eigenvalue weighted by Crippen LogP contribution is 2.13. The summed E-state index contributed by atoms with van der Waals surface area (Å²) in [5.74, 6) is -0.198. The predicted octanol–water partition coefficient (Wildman–Crippen LogP) is 0.686. The number of hydrogen-bond donors (Lipinski definition) is 3. The van der Waals surface area contributed by atoms with Gasteiger partial charge in [-0.2, -0.15) is 5.10 Å². The van der Waals surface area contributed by atoms with Gasteiger partial charge in [0, 0.05) is 12.7 Å². The Kier molecular flexibility index (Phi) is 3.47. The summed E-state index contributed by atoms with van der Waals surface area (Å²) in [7, 11) is 0. The van der Waals surface area contributed by atoms with Gasteiger partial charge >= 0.3 is 0 Å². The second kappa shape index (κ2) is 5.22. The minimum absolute atomic E-state index is 0.0633. The summed E-state index contributed by atoms with van der Waals surface area (Å²) < 4.78 is 1.47. The molecule has 1 aromatic heterocycles. The van der Waals surface area contributed by atoms with E-state index in [2.05, 4.69) is 10.4 Å². The summed E-state index contributed by atoms with van der Waals surface area (Å²) in [5.41, 5.74) is 6.81. The lowest BCUT2D eigenvalue weighted by molar-refractivity contribution is -0.118. The van der Waals surface area contributed by atoms with Crippen molar-refractivity contribution in [1.82, 2.24) is 9.78 Å². The first-order valence-corrected chi connectivity index (χ1v) is 5.46. The Morgan fingerprint density at radius 1 is 1.50 bits per heavy atom. The normalized spacial score (nSPS) is 10.2. The fraction of sp³-hybridized carbons (Fsp3) is 0.167. The molecule has 1 amide bonds. The largest absolute Gasteiger partial charge is 0.508 e. The number of aromatic hydroxyl groups is 1. The van der Waals surface area contributed by atoms with Crippen LogP contribution in [-0.2, 0) is 17.9 Å². The summed E-state index contributed by atoms with van der Waals surface area (Å²) in [4.78, 5) is 10.7. The van der Waals surface area contributed by atoms with Crippen molar-refractivity contribution in [3.8, 4) is 5.75 Å². The van der Waals surface area contributed by atoms with Crippen molar-refractivity contribution in [2.45, 2.75) is 13.1 Å². The fourth-order valence-electron chi connectivity index (χ4n) is 1.57. The summed E-state index contributed by atoms with van der Waals surface area (Å²) in [5, 5.41) is 16.4. The molecule has 1 aromatic carbocycles. The molecule has 0 bridgehead atoms. The Morgan fingerprint density at radius 2 is 2.33 bits per heavy atom. The number of hydrogen-bond acceptors (Lipinski definition) is 4. The molecule has 0 fully saturated rings. The molecule has 6 heteroatoms. The average Bonchev–Trinajstić information content (AvgIpc) is 2.73. The quantitative estimate of drug-likeness (QED) is 0.723. The summed E-state index contributed by atoms with van der Waals surface area (Å²) >= 11 is 0. The van der Waals surface area contributed by atoms with Gasteiger partial charge in [0.05, 0.1) is 11.9 Å². The Balaban J connectivity index is 1.94. The average molecular weight is 246 g/mol. The van der Waals surface area contributed by atoms with Crippen molar-refractivity contribution in [2.75, 3.05) is 5.32 Å². The molecule has 0 aliphatic heterocycles. The summed E-state index contributed by atoms with van der Waals surface area (Å²) in [6.45, 7) is 0.629. The topological polar surface area (TPSA) is 93.2 Å². The van der Waals surface area contributed by atoms with Crippen LogP contribution in [0.5, 0.6) is 5.75 Å². The van der Waals surface area contributed by atoms with Gasteiger partial charge in [-0.05, 0) is 17.7 Å². The second-order valence-electron chi connectivity index (χ2n) is 3.92. The highest BCUT2D eigenvalue weighted by Gasteiger charge is 2.01. The van der Waals surface area contributed by atoms with Crippen molar-refractivity contribution < 1.29 is 9.90 Å². The van der Waals surface area contributed by atoms with E-state index in [1.54, 1.807) is 30.6 Å². The van der Waals surface area contributed by atoms with Crippen LogP contribution in [-0.4, -0.2) is 20.8 Å². The number of nitrogens with two attached hydrogens (primary N) is 1. The molecular weight excluding hydrogens is 232 g/mol. The molecule has 0 radical (unpaired) electrons. The van der Waals surface area contributed by atoms with Gasteiger partial charge in [-0.3, -0.25) is 9.48 Å². The lowest BCUT2D eigenvalue weighted by Crippen LogP contribution is -2.18. The molecule has 2 rings (SSSR count).